The molecule has 0 bridgehead atoms. The lowest BCUT2D eigenvalue weighted by atomic mass is 9.98. The monoisotopic (exact) mass is 405 g/mol. The van der Waals surface area contributed by atoms with Crippen molar-refractivity contribution in [3.05, 3.63) is 58.4 Å². The number of carbonyl (C=O) groups is 2. The number of benzene rings is 2. The highest BCUT2D eigenvalue weighted by Gasteiger charge is 2.23. The highest BCUT2D eigenvalue weighted by Crippen LogP contribution is 2.37. The van der Waals surface area contributed by atoms with Crippen LogP contribution in [0, 0.1) is 5.82 Å². The number of carboxylic acids is 1. The number of phenolic OH excluding ortho intramolecular Hbond substituents is 1. The summed E-state index contributed by atoms with van der Waals surface area (Å²) in [5.74, 6) is -3.73. The summed E-state index contributed by atoms with van der Waals surface area (Å²) in [7, 11) is 0. The van der Waals surface area contributed by atoms with Gasteiger partial charge in [-0.25, -0.2) is 14.7 Å². The summed E-state index contributed by atoms with van der Waals surface area (Å²) in [6.07, 6.45) is -0.391. The van der Waals surface area contributed by atoms with E-state index in [1.54, 1.807) is 6.07 Å². The van der Waals surface area contributed by atoms with E-state index < -0.39 is 29.9 Å². The predicted molar refractivity (Wildman–Crippen MR) is 96.7 cm³/mol. The zero-order chi connectivity index (χ0) is 20.4. The molecule has 28 heavy (non-hydrogen) atoms. The summed E-state index contributed by atoms with van der Waals surface area (Å²) in [6.45, 7) is 0. The largest absolute Gasteiger partial charge is 0.504 e. The van der Waals surface area contributed by atoms with Gasteiger partial charge in [0.2, 0.25) is 5.91 Å². The molecule has 0 radical (unpaired) electrons. The van der Waals surface area contributed by atoms with E-state index in [9.17, 15) is 19.1 Å². The van der Waals surface area contributed by atoms with E-state index in [4.69, 9.17) is 21.9 Å². The van der Waals surface area contributed by atoms with Crippen LogP contribution in [-0.2, 0) is 11.2 Å². The summed E-state index contributed by atoms with van der Waals surface area (Å²) >= 11 is 5.70. The van der Waals surface area contributed by atoms with Crippen LogP contribution in [0.4, 0.5) is 4.39 Å². The smallest absolute Gasteiger partial charge is 0.335 e. The van der Waals surface area contributed by atoms with E-state index in [0.29, 0.717) is 5.56 Å². The second kappa shape index (κ2) is 7.67. The van der Waals surface area contributed by atoms with Crippen LogP contribution in [0.1, 0.15) is 15.9 Å². The lowest BCUT2D eigenvalue weighted by Crippen LogP contribution is -2.21. The zero-order valence-corrected chi connectivity index (χ0v) is 14.8. The molecular weight excluding hydrogens is 393 g/mol. The molecule has 10 heteroatoms. The molecule has 2 aromatic carbocycles. The van der Waals surface area contributed by atoms with Gasteiger partial charge in [-0.15, -0.1) is 0 Å². The van der Waals surface area contributed by atoms with Gasteiger partial charge in [-0.3, -0.25) is 15.1 Å². The highest BCUT2D eigenvalue weighted by atomic mass is 35.5. The Morgan fingerprint density at radius 2 is 2.00 bits per heavy atom. The van der Waals surface area contributed by atoms with Crippen molar-refractivity contribution in [3.63, 3.8) is 0 Å². The van der Waals surface area contributed by atoms with Gasteiger partial charge in [0.05, 0.1) is 28.4 Å². The summed E-state index contributed by atoms with van der Waals surface area (Å²) in [5, 5.41) is 34.3. The molecule has 0 saturated carbocycles. The average molecular weight is 406 g/mol. The topological polar surface area (TPSA) is 136 Å². The van der Waals surface area contributed by atoms with Gasteiger partial charge in [0.1, 0.15) is 0 Å². The van der Waals surface area contributed by atoms with Crippen molar-refractivity contribution in [1.29, 1.82) is 0 Å². The number of phenols is 1. The van der Waals surface area contributed by atoms with Gasteiger partial charge in [0, 0.05) is 16.7 Å². The number of rotatable bonds is 5. The van der Waals surface area contributed by atoms with Crippen LogP contribution >= 0.6 is 11.6 Å². The van der Waals surface area contributed by atoms with Gasteiger partial charge in [0.15, 0.2) is 11.6 Å². The molecule has 3 aromatic rings. The molecular formula is C18H13ClFN3O5. The molecule has 0 spiro atoms. The van der Waals surface area contributed by atoms with E-state index in [-0.39, 0.29) is 33.1 Å². The summed E-state index contributed by atoms with van der Waals surface area (Å²) in [6, 6.07) is 8.37. The zero-order valence-electron chi connectivity index (χ0n) is 14.0. The average Bonchev–Trinajstić information content (AvgIpc) is 3.09. The van der Waals surface area contributed by atoms with E-state index in [1.807, 2.05) is 0 Å². The summed E-state index contributed by atoms with van der Waals surface area (Å²) < 4.78 is 14.5. The minimum atomic E-state index is -1.15. The number of halogens is 2. The number of aromatic hydroxyl groups is 1. The van der Waals surface area contributed by atoms with Crippen molar-refractivity contribution in [2.24, 2.45) is 0 Å². The number of hydrogen-bond donors (Lipinski definition) is 5. The Bertz CT molecular complexity index is 1080. The molecule has 0 aliphatic heterocycles. The number of nitrogens with zero attached hydrogens (tertiary/aromatic N) is 1. The fourth-order valence-corrected chi connectivity index (χ4v) is 2.88. The number of aromatic amines is 1. The van der Waals surface area contributed by atoms with Crippen LogP contribution in [0.15, 0.2) is 36.4 Å². The molecule has 144 valence electrons. The molecule has 1 amide bonds. The summed E-state index contributed by atoms with van der Waals surface area (Å²) in [5.41, 5.74) is 2.20. The highest BCUT2D eigenvalue weighted by molar-refractivity contribution is 6.32. The van der Waals surface area contributed by atoms with Crippen molar-refractivity contribution in [1.82, 2.24) is 15.7 Å². The van der Waals surface area contributed by atoms with Crippen LogP contribution in [0.2, 0.25) is 5.02 Å². The van der Waals surface area contributed by atoms with Crippen molar-refractivity contribution in [3.8, 4) is 28.3 Å². The van der Waals surface area contributed by atoms with Crippen molar-refractivity contribution in [2.75, 3.05) is 0 Å². The Morgan fingerprint density at radius 3 is 2.68 bits per heavy atom. The van der Waals surface area contributed by atoms with Crippen LogP contribution in [-0.4, -0.2) is 37.5 Å². The van der Waals surface area contributed by atoms with Crippen LogP contribution in [0.25, 0.3) is 22.5 Å². The number of aromatic carboxylic acids is 1. The number of nitrogens with one attached hydrogen (secondary N) is 2. The maximum absolute atomic E-state index is 14.5. The van der Waals surface area contributed by atoms with Gasteiger partial charge >= 0.3 is 5.97 Å². The minimum absolute atomic E-state index is 0.00470. The van der Waals surface area contributed by atoms with E-state index in [2.05, 4.69) is 10.2 Å². The van der Waals surface area contributed by atoms with Crippen LogP contribution in [0.5, 0.6) is 5.75 Å². The van der Waals surface area contributed by atoms with Gasteiger partial charge < -0.3 is 10.2 Å². The van der Waals surface area contributed by atoms with Gasteiger partial charge in [-0.1, -0.05) is 23.7 Å². The molecule has 0 atom stereocenters. The molecule has 5 N–H and O–H groups in total. The van der Waals surface area contributed by atoms with Crippen LogP contribution in [0.3, 0.4) is 0 Å². The van der Waals surface area contributed by atoms with Gasteiger partial charge in [0.25, 0.3) is 0 Å². The number of aromatic nitrogens is 2. The first kappa shape index (κ1) is 19.3. The third-order valence-corrected chi connectivity index (χ3v) is 4.35. The molecule has 1 heterocycles. The lowest BCUT2D eigenvalue weighted by molar-refractivity contribution is -0.128. The fourth-order valence-electron chi connectivity index (χ4n) is 2.73. The molecule has 0 aliphatic carbocycles. The van der Waals surface area contributed by atoms with E-state index >= 15 is 0 Å². The van der Waals surface area contributed by atoms with Crippen LogP contribution < -0.4 is 5.48 Å². The molecule has 8 nitrogen and oxygen atoms in total. The van der Waals surface area contributed by atoms with Gasteiger partial charge in [-0.05, 0) is 24.3 Å². The molecule has 0 fully saturated rings. The second-order valence-corrected chi connectivity index (χ2v) is 6.19. The Morgan fingerprint density at radius 1 is 1.25 bits per heavy atom. The molecule has 1 aromatic heterocycles. The fraction of sp³-hybridized carbons (Fsp3) is 0.0556. The third kappa shape index (κ3) is 3.53. The molecule has 0 saturated heterocycles. The Balaban J connectivity index is 2.21. The standard InChI is InChI=1S/C18H13ClFN3O5/c19-12-5-4-10(14(20)17(12)25)16-11(7-13(24)23-28)15(21-22-16)8-2-1-3-9(6-8)18(26)27/h1-6,25,28H,7H2,(H,21,22)(H,23,24)(H,26,27). The quantitative estimate of drug-likeness (QED) is 0.327. The minimum Gasteiger partial charge on any atom is -0.504 e. The van der Waals surface area contributed by atoms with Crippen molar-refractivity contribution in [2.45, 2.75) is 6.42 Å². The van der Waals surface area contributed by atoms with Crippen molar-refractivity contribution >= 4 is 23.5 Å². The lowest BCUT2D eigenvalue weighted by Gasteiger charge is -2.08. The second-order valence-electron chi connectivity index (χ2n) is 5.78. The Kier molecular flexibility index (Phi) is 5.30. The predicted octanol–water partition coefficient (Wildman–Crippen LogP) is 2.99. The SMILES string of the molecule is O=C(Cc1c(-c2cccc(C(=O)O)c2)n[nH]c1-c1ccc(Cl)c(O)c1F)NO. The number of carbonyl (C=O) groups excluding carboxylic acids is 1. The Hall–Kier alpha value is -3.43. The van der Waals surface area contributed by atoms with Crippen molar-refractivity contribution < 1.29 is 29.4 Å². The first-order chi connectivity index (χ1) is 13.3. The van der Waals surface area contributed by atoms with E-state index in [1.165, 1.54) is 35.8 Å². The normalized spacial score (nSPS) is 10.7. The summed E-state index contributed by atoms with van der Waals surface area (Å²) in [4.78, 5) is 23.0. The Labute approximate surface area is 162 Å². The molecule has 0 unspecified atom stereocenters. The molecule has 3 rings (SSSR count). The maximum Gasteiger partial charge on any atom is 0.335 e. The number of hydroxylamine groups is 1. The first-order valence-corrected chi connectivity index (χ1v) is 8.22. The number of amides is 1. The number of H-pyrrole nitrogens is 1. The maximum atomic E-state index is 14.5. The number of hydrogen-bond acceptors (Lipinski definition) is 5. The first-order valence-electron chi connectivity index (χ1n) is 7.84. The van der Waals surface area contributed by atoms with E-state index in [0.717, 1.165) is 0 Å². The molecule has 0 aliphatic rings. The van der Waals surface area contributed by atoms with Gasteiger partial charge in [-0.2, -0.15) is 5.10 Å². The third-order valence-electron chi connectivity index (χ3n) is 4.05. The number of carboxylic acid groups (broad SMARTS) is 1.